The normalized spacial score (nSPS) is 11.3. The predicted octanol–water partition coefficient (Wildman–Crippen LogP) is 2.08. The minimum atomic E-state index is 0.151. The number of terminal acetylenes is 1. The molecule has 0 N–H and O–H groups in total. The molecule has 2 nitrogen and oxygen atoms in total. The fourth-order valence-corrected chi connectivity index (χ4v) is 1.05. The SMILES string of the molecule is C#Cc1ccnc(C(C)CC#N)c1. The second-order valence-electron chi connectivity index (χ2n) is 2.88. The largest absolute Gasteiger partial charge is 0.261 e. The van der Waals surface area contributed by atoms with Gasteiger partial charge in [-0.15, -0.1) is 6.42 Å². The lowest BCUT2D eigenvalue weighted by Gasteiger charge is -2.05. The van der Waals surface area contributed by atoms with E-state index in [1.807, 2.05) is 13.0 Å². The average molecular weight is 170 g/mol. The molecule has 0 aromatic carbocycles. The van der Waals surface area contributed by atoms with Gasteiger partial charge in [0.25, 0.3) is 0 Å². The zero-order chi connectivity index (χ0) is 9.68. The van der Waals surface area contributed by atoms with Gasteiger partial charge in [0.2, 0.25) is 0 Å². The first-order valence-corrected chi connectivity index (χ1v) is 4.07. The number of nitrogens with zero attached hydrogens (tertiary/aromatic N) is 2. The molecule has 0 spiro atoms. The summed E-state index contributed by atoms with van der Waals surface area (Å²) in [5.41, 5.74) is 1.70. The van der Waals surface area contributed by atoms with Crippen LogP contribution in [0.4, 0.5) is 0 Å². The number of hydrogen-bond donors (Lipinski definition) is 0. The van der Waals surface area contributed by atoms with E-state index in [2.05, 4.69) is 17.0 Å². The third-order valence-corrected chi connectivity index (χ3v) is 1.85. The third-order valence-electron chi connectivity index (χ3n) is 1.85. The fourth-order valence-electron chi connectivity index (χ4n) is 1.05. The van der Waals surface area contributed by atoms with Gasteiger partial charge in [-0.25, -0.2) is 0 Å². The molecule has 0 amide bonds. The van der Waals surface area contributed by atoms with Crippen LogP contribution in [-0.4, -0.2) is 4.98 Å². The van der Waals surface area contributed by atoms with E-state index in [1.54, 1.807) is 12.3 Å². The van der Waals surface area contributed by atoms with Crippen molar-refractivity contribution in [2.24, 2.45) is 0 Å². The molecule has 0 radical (unpaired) electrons. The molecule has 1 unspecified atom stereocenters. The second kappa shape index (κ2) is 4.28. The molecule has 1 atom stereocenters. The Labute approximate surface area is 78.2 Å². The van der Waals surface area contributed by atoms with Crippen molar-refractivity contribution < 1.29 is 0 Å². The van der Waals surface area contributed by atoms with Crippen LogP contribution in [0.5, 0.6) is 0 Å². The molecule has 0 aliphatic heterocycles. The molecular formula is C11H10N2. The molecule has 0 aliphatic carbocycles. The summed E-state index contributed by atoms with van der Waals surface area (Å²) < 4.78 is 0. The summed E-state index contributed by atoms with van der Waals surface area (Å²) in [7, 11) is 0. The average Bonchev–Trinajstić information content (AvgIpc) is 2.18. The summed E-state index contributed by atoms with van der Waals surface area (Å²) >= 11 is 0. The van der Waals surface area contributed by atoms with Gasteiger partial charge in [-0.1, -0.05) is 12.8 Å². The highest BCUT2D eigenvalue weighted by atomic mass is 14.7. The summed E-state index contributed by atoms with van der Waals surface area (Å²) in [6.07, 6.45) is 7.40. The van der Waals surface area contributed by atoms with Gasteiger partial charge < -0.3 is 0 Å². The summed E-state index contributed by atoms with van der Waals surface area (Å²) in [5, 5.41) is 8.51. The Balaban J connectivity index is 2.91. The van der Waals surface area contributed by atoms with Gasteiger partial charge >= 0.3 is 0 Å². The topological polar surface area (TPSA) is 36.7 Å². The van der Waals surface area contributed by atoms with Crippen LogP contribution in [0.1, 0.15) is 30.5 Å². The molecule has 13 heavy (non-hydrogen) atoms. The lowest BCUT2D eigenvalue weighted by molar-refractivity contribution is 0.756. The molecular weight excluding hydrogens is 160 g/mol. The van der Waals surface area contributed by atoms with Gasteiger partial charge in [0.15, 0.2) is 0 Å². The zero-order valence-electron chi connectivity index (χ0n) is 7.49. The van der Waals surface area contributed by atoms with Crippen molar-refractivity contribution in [2.45, 2.75) is 19.3 Å². The Bertz CT molecular complexity index is 368. The second-order valence-corrected chi connectivity index (χ2v) is 2.88. The Morgan fingerprint density at radius 1 is 1.69 bits per heavy atom. The zero-order valence-corrected chi connectivity index (χ0v) is 7.49. The molecule has 2 heteroatoms. The van der Waals surface area contributed by atoms with E-state index in [4.69, 9.17) is 11.7 Å². The quantitative estimate of drug-likeness (QED) is 0.637. The van der Waals surface area contributed by atoms with Gasteiger partial charge in [-0.2, -0.15) is 5.26 Å². The van der Waals surface area contributed by atoms with Crippen molar-refractivity contribution in [2.75, 3.05) is 0 Å². The first-order valence-electron chi connectivity index (χ1n) is 4.07. The number of aromatic nitrogens is 1. The summed E-state index contributed by atoms with van der Waals surface area (Å²) in [6.45, 7) is 1.96. The van der Waals surface area contributed by atoms with Crippen LogP contribution in [-0.2, 0) is 0 Å². The summed E-state index contributed by atoms with van der Waals surface area (Å²) in [6, 6.07) is 5.74. The third kappa shape index (κ3) is 2.32. The fraction of sp³-hybridized carbons (Fsp3) is 0.273. The highest BCUT2D eigenvalue weighted by molar-refractivity contribution is 5.32. The number of hydrogen-bond acceptors (Lipinski definition) is 2. The Hall–Kier alpha value is -1.80. The molecule has 1 aromatic heterocycles. The molecule has 0 saturated heterocycles. The maximum absolute atomic E-state index is 8.51. The van der Waals surface area contributed by atoms with E-state index in [0.29, 0.717) is 6.42 Å². The Morgan fingerprint density at radius 2 is 2.46 bits per heavy atom. The molecule has 1 rings (SSSR count). The minimum absolute atomic E-state index is 0.151. The molecule has 0 saturated carbocycles. The van der Waals surface area contributed by atoms with Gasteiger partial charge in [0.1, 0.15) is 0 Å². The predicted molar refractivity (Wildman–Crippen MR) is 50.8 cm³/mol. The standard InChI is InChI=1S/C11H10N2/c1-3-10-5-7-13-11(8-10)9(2)4-6-12/h1,5,7-9H,4H2,2H3. The van der Waals surface area contributed by atoms with E-state index >= 15 is 0 Å². The minimum Gasteiger partial charge on any atom is -0.261 e. The van der Waals surface area contributed by atoms with Gasteiger partial charge in [-0.05, 0) is 12.1 Å². The molecule has 0 fully saturated rings. The highest BCUT2D eigenvalue weighted by Crippen LogP contribution is 2.16. The van der Waals surface area contributed by atoms with Crippen LogP contribution in [0.2, 0.25) is 0 Å². The van der Waals surface area contributed by atoms with Gasteiger partial charge in [0.05, 0.1) is 6.07 Å². The Morgan fingerprint density at radius 3 is 3.08 bits per heavy atom. The van der Waals surface area contributed by atoms with Crippen molar-refractivity contribution in [1.29, 1.82) is 5.26 Å². The molecule has 1 heterocycles. The lowest BCUT2D eigenvalue weighted by atomic mass is 10.0. The van der Waals surface area contributed by atoms with Crippen molar-refractivity contribution >= 4 is 0 Å². The van der Waals surface area contributed by atoms with Crippen LogP contribution in [0.25, 0.3) is 0 Å². The van der Waals surface area contributed by atoms with Crippen LogP contribution in [0.3, 0.4) is 0 Å². The van der Waals surface area contributed by atoms with Crippen LogP contribution in [0.15, 0.2) is 18.3 Å². The van der Waals surface area contributed by atoms with Gasteiger partial charge in [0, 0.05) is 29.8 Å². The van der Waals surface area contributed by atoms with Crippen molar-refractivity contribution in [1.82, 2.24) is 4.98 Å². The van der Waals surface area contributed by atoms with Crippen molar-refractivity contribution in [3.8, 4) is 18.4 Å². The first kappa shape index (κ1) is 9.29. The number of pyridine rings is 1. The monoisotopic (exact) mass is 170 g/mol. The number of nitriles is 1. The van der Waals surface area contributed by atoms with E-state index in [1.165, 1.54) is 0 Å². The molecule has 0 bridgehead atoms. The summed E-state index contributed by atoms with van der Waals surface area (Å²) in [4.78, 5) is 4.16. The van der Waals surface area contributed by atoms with E-state index in [9.17, 15) is 0 Å². The van der Waals surface area contributed by atoms with Crippen molar-refractivity contribution in [3.05, 3.63) is 29.6 Å². The van der Waals surface area contributed by atoms with Gasteiger partial charge in [-0.3, -0.25) is 4.98 Å². The van der Waals surface area contributed by atoms with Crippen LogP contribution >= 0.6 is 0 Å². The van der Waals surface area contributed by atoms with E-state index < -0.39 is 0 Å². The maximum atomic E-state index is 8.51. The summed E-state index contributed by atoms with van der Waals surface area (Å²) in [5.74, 6) is 2.69. The Kier molecular flexibility index (Phi) is 3.06. The number of rotatable bonds is 2. The maximum Gasteiger partial charge on any atom is 0.0628 e. The van der Waals surface area contributed by atoms with E-state index in [-0.39, 0.29) is 5.92 Å². The smallest absolute Gasteiger partial charge is 0.0628 e. The van der Waals surface area contributed by atoms with Crippen LogP contribution in [0, 0.1) is 23.7 Å². The van der Waals surface area contributed by atoms with E-state index in [0.717, 1.165) is 11.3 Å². The van der Waals surface area contributed by atoms with Crippen molar-refractivity contribution in [3.63, 3.8) is 0 Å². The highest BCUT2D eigenvalue weighted by Gasteiger charge is 2.05. The first-order chi connectivity index (χ1) is 6.27. The molecule has 64 valence electrons. The lowest BCUT2D eigenvalue weighted by Crippen LogP contribution is -1.96. The molecule has 1 aromatic rings. The van der Waals surface area contributed by atoms with Crippen LogP contribution < -0.4 is 0 Å². The molecule has 0 aliphatic rings.